The summed E-state index contributed by atoms with van der Waals surface area (Å²) in [5.74, 6) is 0.266. The minimum Gasteiger partial charge on any atom is -0.323 e. The molecule has 2 heterocycles. The molecule has 22 heavy (non-hydrogen) atoms. The predicted molar refractivity (Wildman–Crippen MR) is 86.4 cm³/mol. The first-order valence-electron chi connectivity index (χ1n) is 7.28. The number of guanidine groups is 1. The van der Waals surface area contributed by atoms with Gasteiger partial charge < -0.3 is 10.2 Å². The summed E-state index contributed by atoms with van der Waals surface area (Å²) in [6, 6.07) is 3.69. The minimum atomic E-state index is -3.67. The van der Waals surface area contributed by atoms with Crippen molar-refractivity contribution in [3.05, 3.63) is 23.3 Å². The second kappa shape index (κ2) is 5.53. The van der Waals surface area contributed by atoms with E-state index in [2.05, 4.69) is 27.1 Å². The molecule has 0 radical (unpaired) electrons. The topological polar surface area (TPSA) is 77.0 Å². The number of hydrazine groups is 1. The number of benzene rings is 1. The number of nitrogens with one attached hydrogen (secondary N) is 2. The molecule has 0 saturated carbocycles. The Morgan fingerprint density at radius 3 is 2.55 bits per heavy atom. The third kappa shape index (κ3) is 2.94. The number of nitrogens with zero attached hydrogens (tertiary/aromatic N) is 3. The first-order chi connectivity index (χ1) is 10.3. The Hall–Kier alpha value is -1.64. The molecule has 1 fully saturated rings. The van der Waals surface area contributed by atoms with E-state index in [1.165, 1.54) is 0 Å². The molecular formula is C14H21N5O2S. The summed E-state index contributed by atoms with van der Waals surface area (Å²) in [6.45, 7) is 7.23. The SMILES string of the molecule is Cc1cc(C)c2c(c1)NC(NN1CCN(C)CC1)=NS2(=O)=O. The van der Waals surface area contributed by atoms with Crippen molar-refractivity contribution in [2.75, 3.05) is 38.5 Å². The zero-order valence-electron chi connectivity index (χ0n) is 13.0. The number of piperazine rings is 1. The molecule has 0 bridgehead atoms. The lowest BCUT2D eigenvalue weighted by atomic mass is 10.1. The summed E-state index contributed by atoms with van der Waals surface area (Å²) in [5, 5.41) is 5.08. The van der Waals surface area contributed by atoms with E-state index in [9.17, 15) is 8.42 Å². The van der Waals surface area contributed by atoms with E-state index in [1.807, 2.05) is 24.1 Å². The quantitative estimate of drug-likeness (QED) is 0.785. The summed E-state index contributed by atoms with van der Waals surface area (Å²) >= 11 is 0. The van der Waals surface area contributed by atoms with Crippen LogP contribution in [0.1, 0.15) is 11.1 Å². The molecule has 0 spiro atoms. The van der Waals surface area contributed by atoms with Crippen molar-refractivity contribution < 1.29 is 8.42 Å². The normalized spacial score (nSPS) is 21.7. The van der Waals surface area contributed by atoms with Gasteiger partial charge >= 0.3 is 0 Å². The van der Waals surface area contributed by atoms with Crippen molar-refractivity contribution in [3.8, 4) is 0 Å². The molecule has 2 aliphatic rings. The highest BCUT2D eigenvalue weighted by atomic mass is 32.2. The number of sulfonamides is 1. The second-order valence-electron chi connectivity index (χ2n) is 5.90. The number of rotatable bonds is 1. The van der Waals surface area contributed by atoms with Gasteiger partial charge in [0, 0.05) is 26.2 Å². The van der Waals surface area contributed by atoms with E-state index < -0.39 is 10.0 Å². The molecule has 1 saturated heterocycles. The van der Waals surface area contributed by atoms with Crippen LogP contribution in [-0.2, 0) is 10.0 Å². The average Bonchev–Trinajstić information content (AvgIpc) is 2.39. The van der Waals surface area contributed by atoms with E-state index >= 15 is 0 Å². The molecule has 2 aliphatic heterocycles. The molecule has 3 rings (SSSR count). The maximum atomic E-state index is 12.4. The Morgan fingerprint density at radius 2 is 1.86 bits per heavy atom. The Morgan fingerprint density at radius 1 is 1.18 bits per heavy atom. The Balaban J connectivity index is 1.86. The van der Waals surface area contributed by atoms with Crippen LogP contribution in [0.4, 0.5) is 5.69 Å². The number of anilines is 1. The molecule has 0 atom stereocenters. The van der Waals surface area contributed by atoms with Gasteiger partial charge in [-0.2, -0.15) is 8.42 Å². The number of hydrogen-bond donors (Lipinski definition) is 2. The van der Waals surface area contributed by atoms with Crippen LogP contribution in [0.3, 0.4) is 0 Å². The maximum Gasteiger partial charge on any atom is 0.287 e. The Labute approximate surface area is 131 Å². The summed E-state index contributed by atoms with van der Waals surface area (Å²) in [4.78, 5) is 2.49. The van der Waals surface area contributed by atoms with Crippen LogP contribution in [0.5, 0.6) is 0 Å². The molecule has 0 aliphatic carbocycles. The fourth-order valence-electron chi connectivity index (χ4n) is 2.82. The maximum absolute atomic E-state index is 12.4. The van der Waals surface area contributed by atoms with Crippen LogP contribution in [0.25, 0.3) is 0 Å². The van der Waals surface area contributed by atoms with Gasteiger partial charge in [0.25, 0.3) is 10.0 Å². The zero-order chi connectivity index (χ0) is 15.9. The summed E-state index contributed by atoms with van der Waals surface area (Å²) < 4.78 is 28.7. The lowest BCUT2D eigenvalue weighted by molar-refractivity contribution is 0.131. The Kier molecular flexibility index (Phi) is 3.84. The van der Waals surface area contributed by atoms with Crippen LogP contribution >= 0.6 is 0 Å². The van der Waals surface area contributed by atoms with Gasteiger partial charge in [-0.15, -0.1) is 4.40 Å². The summed E-state index contributed by atoms with van der Waals surface area (Å²) in [5.41, 5.74) is 5.39. The van der Waals surface area contributed by atoms with E-state index in [0.29, 0.717) is 11.3 Å². The second-order valence-corrected chi connectivity index (χ2v) is 7.44. The van der Waals surface area contributed by atoms with Gasteiger partial charge in [0.15, 0.2) is 0 Å². The van der Waals surface area contributed by atoms with E-state index in [0.717, 1.165) is 31.7 Å². The molecule has 0 unspecified atom stereocenters. The largest absolute Gasteiger partial charge is 0.323 e. The molecule has 7 nitrogen and oxygen atoms in total. The van der Waals surface area contributed by atoms with Crippen LogP contribution < -0.4 is 10.7 Å². The van der Waals surface area contributed by atoms with Crippen molar-refractivity contribution in [1.82, 2.24) is 15.3 Å². The third-order valence-corrected chi connectivity index (χ3v) is 5.39. The fraction of sp³-hybridized carbons (Fsp3) is 0.500. The monoisotopic (exact) mass is 323 g/mol. The van der Waals surface area contributed by atoms with Gasteiger partial charge in [-0.3, -0.25) is 5.43 Å². The van der Waals surface area contributed by atoms with E-state index in [-0.39, 0.29) is 10.9 Å². The lowest BCUT2D eigenvalue weighted by Gasteiger charge is -2.34. The molecule has 2 N–H and O–H groups in total. The number of aryl methyl sites for hydroxylation is 2. The number of hydrogen-bond acceptors (Lipinski definition) is 6. The van der Waals surface area contributed by atoms with Crippen molar-refractivity contribution in [1.29, 1.82) is 0 Å². The van der Waals surface area contributed by atoms with Crippen LogP contribution in [0.15, 0.2) is 21.4 Å². The van der Waals surface area contributed by atoms with Gasteiger partial charge in [0.1, 0.15) is 4.90 Å². The van der Waals surface area contributed by atoms with Crippen LogP contribution in [0, 0.1) is 13.8 Å². The lowest BCUT2D eigenvalue weighted by Crippen LogP contribution is -2.54. The molecule has 1 aromatic carbocycles. The first kappa shape index (κ1) is 15.3. The van der Waals surface area contributed by atoms with Gasteiger partial charge in [0.2, 0.25) is 5.96 Å². The summed E-state index contributed by atoms with van der Waals surface area (Å²) in [7, 11) is -1.60. The molecular weight excluding hydrogens is 302 g/mol. The molecule has 0 aromatic heterocycles. The predicted octanol–water partition coefficient (Wildman–Crippen LogP) is 0.526. The fourth-order valence-corrected chi connectivity index (χ4v) is 4.09. The average molecular weight is 323 g/mol. The highest BCUT2D eigenvalue weighted by Crippen LogP contribution is 2.31. The van der Waals surface area contributed by atoms with Gasteiger partial charge in [0.05, 0.1) is 5.69 Å². The van der Waals surface area contributed by atoms with Crippen LogP contribution in [-0.4, -0.2) is 57.5 Å². The highest BCUT2D eigenvalue weighted by Gasteiger charge is 2.28. The molecule has 0 amide bonds. The van der Waals surface area contributed by atoms with Crippen LogP contribution in [0.2, 0.25) is 0 Å². The smallest absolute Gasteiger partial charge is 0.287 e. The van der Waals surface area contributed by atoms with E-state index in [4.69, 9.17) is 0 Å². The number of fused-ring (bicyclic) bond motifs is 1. The first-order valence-corrected chi connectivity index (χ1v) is 8.72. The van der Waals surface area contributed by atoms with E-state index in [1.54, 1.807) is 6.92 Å². The van der Waals surface area contributed by atoms with Crippen molar-refractivity contribution >= 4 is 21.7 Å². The number of likely N-dealkylation sites (N-methyl/N-ethyl adjacent to an activating group) is 1. The van der Waals surface area contributed by atoms with Gasteiger partial charge in [-0.1, -0.05) is 6.07 Å². The zero-order valence-corrected chi connectivity index (χ0v) is 13.9. The van der Waals surface area contributed by atoms with Gasteiger partial charge in [-0.25, -0.2) is 5.01 Å². The molecule has 1 aromatic rings. The molecule has 8 heteroatoms. The third-order valence-electron chi connectivity index (χ3n) is 3.91. The minimum absolute atomic E-state index is 0.266. The Bertz CT molecular complexity index is 721. The van der Waals surface area contributed by atoms with Crippen molar-refractivity contribution in [2.45, 2.75) is 18.7 Å². The summed E-state index contributed by atoms with van der Waals surface area (Å²) in [6.07, 6.45) is 0. The van der Waals surface area contributed by atoms with Gasteiger partial charge in [-0.05, 0) is 38.1 Å². The van der Waals surface area contributed by atoms with Crippen molar-refractivity contribution in [2.24, 2.45) is 4.40 Å². The molecule has 120 valence electrons. The highest BCUT2D eigenvalue weighted by molar-refractivity contribution is 7.90. The van der Waals surface area contributed by atoms with Crippen molar-refractivity contribution in [3.63, 3.8) is 0 Å². The standard InChI is InChI=1S/C14H21N5O2S/c1-10-8-11(2)13-12(9-10)15-14(17-22(13,20)21)16-19-6-4-18(3)5-7-19/h8-9H,4-7H2,1-3H3,(H2,15,16,17).